The Hall–Kier alpha value is -2.07. The zero-order valence-electron chi connectivity index (χ0n) is 10.5. The highest BCUT2D eigenvalue weighted by Gasteiger charge is 2.06. The Bertz CT molecular complexity index is 541. The van der Waals surface area contributed by atoms with Crippen LogP contribution in [0.3, 0.4) is 0 Å². The second-order valence-corrected chi connectivity index (χ2v) is 3.82. The van der Waals surface area contributed by atoms with Crippen LogP contribution in [-0.4, -0.2) is 19.2 Å². The Morgan fingerprint density at radius 3 is 2.67 bits per heavy atom. The van der Waals surface area contributed by atoms with E-state index in [9.17, 15) is 0 Å². The van der Waals surface area contributed by atoms with Crippen LogP contribution in [0.25, 0.3) is 11.3 Å². The molecule has 2 rings (SSSR count). The predicted molar refractivity (Wildman–Crippen MR) is 70.7 cm³/mol. The Morgan fingerprint density at radius 1 is 1.17 bits per heavy atom. The number of hydrogen-bond acceptors (Lipinski definition) is 4. The van der Waals surface area contributed by atoms with Gasteiger partial charge in [0.15, 0.2) is 0 Å². The molecule has 4 nitrogen and oxygen atoms in total. The SMILES string of the molecule is COc1cccc(-c2cc(CN)c(OC)cn2)c1. The first-order valence-electron chi connectivity index (χ1n) is 5.66. The molecule has 1 aromatic carbocycles. The lowest BCUT2D eigenvalue weighted by Crippen LogP contribution is -2.01. The summed E-state index contributed by atoms with van der Waals surface area (Å²) in [6, 6.07) is 9.69. The lowest BCUT2D eigenvalue weighted by molar-refractivity contribution is 0.408. The first kappa shape index (κ1) is 12.4. The Balaban J connectivity index is 2.43. The van der Waals surface area contributed by atoms with Gasteiger partial charge in [-0.15, -0.1) is 0 Å². The standard InChI is InChI=1S/C14H16N2O2/c1-17-12-5-3-4-10(6-12)13-7-11(8-15)14(18-2)9-16-13/h3-7,9H,8,15H2,1-2H3. The molecule has 0 fully saturated rings. The molecule has 94 valence electrons. The van der Waals surface area contributed by atoms with Gasteiger partial charge in [-0.1, -0.05) is 12.1 Å². The van der Waals surface area contributed by atoms with Crippen molar-refractivity contribution in [3.8, 4) is 22.8 Å². The van der Waals surface area contributed by atoms with E-state index in [4.69, 9.17) is 15.2 Å². The summed E-state index contributed by atoms with van der Waals surface area (Å²) in [5.41, 5.74) is 8.48. The molecule has 2 aromatic rings. The first-order valence-corrected chi connectivity index (χ1v) is 5.66. The van der Waals surface area contributed by atoms with Gasteiger partial charge in [0.2, 0.25) is 0 Å². The molecule has 4 heteroatoms. The van der Waals surface area contributed by atoms with E-state index in [0.29, 0.717) is 12.3 Å². The normalized spacial score (nSPS) is 10.2. The van der Waals surface area contributed by atoms with E-state index in [1.54, 1.807) is 20.4 Å². The van der Waals surface area contributed by atoms with Gasteiger partial charge in [0.1, 0.15) is 11.5 Å². The van der Waals surface area contributed by atoms with Crippen LogP contribution in [0.2, 0.25) is 0 Å². The first-order chi connectivity index (χ1) is 8.78. The van der Waals surface area contributed by atoms with E-state index < -0.39 is 0 Å². The lowest BCUT2D eigenvalue weighted by atomic mass is 10.1. The molecule has 2 N–H and O–H groups in total. The largest absolute Gasteiger partial charge is 0.497 e. The second kappa shape index (κ2) is 5.51. The van der Waals surface area contributed by atoms with Crippen LogP contribution in [0.15, 0.2) is 36.5 Å². The minimum Gasteiger partial charge on any atom is -0.497 e. The molecule has 0 bridgehead atoms. The van der Waals surface area contributed by atoms with Gasteiger partial charge in [0.05, 0.1) is 26.1 Å². The van der Waals surface area contributed by atoms with Gasteiger partial charge in [-0.3, -0.25) is 4.98 Å². The molecule has 0 atom stereocenters. The molecule has 0 spiro atoms. The number of benzene rings is 1. The maximum absolute atomic E-state index is 5.70. The van der Waals surface area contributed by atoms with Crippen molar-refractivity contribution < 1.29 is 9.47 Å². The minimum absolute atomic E-state index is 0.419. The summed E-state index contributed by atoms with van der Waals surface area (Å²) in [6.07, 6.45) is 1.69. The molecular formula is C14H16N2O2. The molecule has 18 heavy (non-hydrogen) atoms. The van der Waals surface area contributed by atoms with Gasteiger partial charge in [-0.05, 0) is 18.2 Å². The molecule has 0 saturated carbocycles. The Morgan fingerprint density at radius 2 is 2.00 bits per heavy atom. The summed E-state index contributed by atoms with van der Waals surface area (Å²) < 4.78 is 10.4. The monoisotopic (exact) mass is 244 g/mol. The molecule has 0 unspecified atom stereocenters. The fourth-order valence-corrected chi connectivity index (χ4v) is 1.77. The molecule has 0 aliphatic carbocycles. The number of methoxy groups -OCH3 is 2. The van der Waals surface area contributed by atoms with E-state index in [1.807, 2.05) is 30.3 Å². The van der Waals surface area contributed by atoms with Crippen LogP contribution < -0.4 is 15.2 Å². The van der Waals surface area contributed by atoms with Gasteiger partial charge in [-0.2, -0.15) is 0 Å². The van der Waals surface area contributed by atoms with Crippen molar-refractivity contribution in [3.05, 3.63) is 42.1 Å². The van der Waals surface area contributed by atoms with Crippen LogP contribution in [0, 0.1) is 0 Å². The Labute approximate surface area is 106 Å². The summed E-state index contributed by atoms with van der Waals surface area (Å²) in [7, 11) is 3.26. The van der Waals surface area contributed by atoms with Crippen molar-refractivity contribution in [3.63, 3.8) is 0 Å². The number of rotatable bonds is 4. The van der Waals surface area contributed by atoms with Crippen LogP contribution in [0.4, 0.5) is 0 Å². The van der Waals surface area contributed by atoms with Crippen LogP contribution in [0.1, 0.15) is 5.56 Å². The van der Waals surface area contributed by atoms with E-state index in [0.717, 1.165) is 22.6 Å². The predicted octanol–water partition coefficient (Wildman–Crippen LogP) is 2.22. The molecular weight excluding hydrogens is 228 g/mol. The number of nitrogens with zero attached hydrogens (tertiary/aromatic N) is 1. The molecule has 0 radical (unpaired) electrons. The number of ether oxygens (including phenoxy) is 2. The molecule has 0 aliphatic rings. The van der Waals surface area contributed by atoms with Crippen LogP contribution in [0.5, 0.6) is 11.5 Å². The molecule has 0 amide bonds. The lowest BCUT2D eigenvalue weighted by Gasteiger charge is -2.09. The Kier molecular flexibility index (Phi) is 3.79. The third-order valence-electron chi connectivity index (χ3n) is 2.75. The van der Waals surface area contributed by atoms with Crippen molar-refractivity contribution in [2.24, 2.45) is 5.73 Å². The summed E-state index contributed by atoms with van der Waals surface area (Å²) in [5.74, 6) is 1.52. The van der Waals surface area contributed by atoms with Crippen molar-refractivity contribution in [1.29, 1.82) is 0 Å². The average Bonchev–Trinajstić information content (AvgIpc) is 2.46. The molecule has 0 aliphatic heterocycles. The molecule has 1 heterocycles. The zero-order chi connectivity index (χ0) is 13.0. The van der Waals surface area contributed by atoms with Gasteiger partial charge in [-0.25, -0.2) is 0 Å². The highest BCUT2D eigenvalue weighted by atomic mass is 16.5. The van der Waals surface area contributed by atoms with E-state index in [2.05, 4.69) is 4.98 Å². The van der Waals surface area contributed by atoms with E-state index in [1.165, 1.54) is 0 Å². The number of pyridine rings is 1. The second-order valence-electron chi connectivity index (χ2n) is 3.82. The fourth-order valence-electron chi connectivity index (χ4n) is 1.77. The van der Waals surface area contributed by atoms with Crippen LogP contribution in [-0.2, 0) is 6.54 Å². The van der Waals surface area contributed by atoms with Crippen molar-refractivity contribution in [2.75, 3.05) is 14.2 Å². The summed E-state index contributed by atoms with van der Waals surface area (Å²) >= 11 is 0. The van der Waals surface area contributed by atoms with Gasteiger partial charge < -0.3 is 15.2 Å². The number of hydrogen-bond donors (Lipinski definition) is 1. The van der Waals surface area contributed by atoms with Gasteiger partial charge >= 0.3 is 0 Å². The summed E-state index contributed by atoms with van der Waals surface area (Å²) in [6.45, 7) is 0.419. The van der Waals surface area contributed by atoms with Crippen molar-refractivity contribution in [2.45, 2.75) is 6.54 Å². The van der Waals surface area contributed by atoms with Crippen molar-refractivity contribution in [1.82, 2.24) is 4.98 Å². The maximum Gasteiger partial charge on any atom is 0.141 e. The smallest absolute Gasteiger partial charge is 0.141 e. The molecule has 0 saturated heterocycles. The zero-order valence-corrected chi connectivity index (χ0v) is 10.5. The summed E-state index contributed by atoms with van der Waals surface area (Å²) in [4.78, 5) is 4.37. The highest BCUT2D eigenvalue weighted by molar-refractivity contribution is 5.62. The minimum atomic E-state index is 0.419. The summed E-state index contributed by atoms with van der Waals surface area (Å²) in [5, 5.41) is 0. The third-order valence-corrected chi connectivity index (χ3v) is 2.75. The topological polar surface area (TPSA) is 57.4 Å². The van der Waals surface area contributed by atoms with Gasteiger partial charge in [0, 0.05) is 17.7 Å². The third kappa shape index (κ3) is 2.43. The van der Waals surface area contributed by atoms with Gasteiger partial charge in [0.25, 0.3) is 0 Å². The average molecular weight is 244 g/mol. The van der Waals surface area contributed by atoms with E-state index >= 15 is 0 Å². The fraction of sp³-hybridized carbons (Fsp3) is 0.214. The number of nitrogens with two attached hydrogens (primary N) is 1. The van der Waals surface area contributed by atoms with E-state index in [-0.39, 0.29) is 0 Å². The van der Waals surface area contributed by atoms with Crippen LogP contribution >= 0.6 is 0 Å². The maximum atomic E-state index is 5.70. The highest BCUT2D eigenvalue weighted by Crippen LogP contribution is 2.26. The number of aromatic nitrogens is 1. The van der Waals surface area contributed by atoms with Crippen molar-refractivity contribution >= 4 is 0 Å². The quantitative estimate of drug-likeness (QED) is 0.896. The molecule has 1 aromatic heterocycles.